The van der Waals surface area contributed by atoms with Crippen LogP contribution in [0.4, 0.5) is 0 Å². The number of rotatable bonds is 2. The Morgan fingerprint density at radius 2 is 0.962 bits per heavy atom. The van der Waals surface area contributed by atoms with Crippen molar-refractivity contribution in [3.05, 3.63) is 46.5 Å². The van der Waals surface area contributed by atoms with Gasteiger partial charge in [-0.2, -0.15) is 0 Å². The summed E-state index contributed by atoms with van der Waals surface area (Å²) in [7, 11) is -0.149. The molecule has 0 aliphatic rings. The van der Waals surface area contributed by atoms with Crippen molar-refractivity contribution < 1.29 is 10.2 Å². The van der Waals surface area contributed by atoms with Gasteiger partial charge >= 0.3 is 0 Å². The lowest BCUT2D eigenvalue weighted by Crippen LogP contribution is -2.15. The highest BCUT2D eigenvalue weighted by atomic mass is 32.2. The van der Waals surface area contributed by atoms with Crippen LogP contribution in [-0.2, 0) is 21.7 Å². The van der Waals surface area contributed by atoms with Crippen LogP contribution in [0.1, 0.15) is 63.8 Å². The van der Waals surface area contributed by atoms with Crippen LogP contribution in [0.3, 0.4) is 0 Å². The van der Waals surface area contributed by atoms with E-state index in [0.29, 0.717) is 11.5 Å². The molecule has 2 aromatic rings. The molecule has 0 aliphatic heterocycles. The van der Waals surface area contributed by atoms with Crippen LogP contribution in [0, 0.1) is 13.8 Å². The first-order valence-corrected chi connectivity index (χ1v) is 10.7. The maximum absolute atomic E-state index is 10.4. The SMILES string of the molecule is Cc1cc(O)c(C(C)(C)C)cc1[S+](C)c1cc(C(C)(C)C)c(O)cc1C. The first kappa shape index (κ1) is 20.7. The molecule has 0 saturated heterocycles. The van der Waals surface area contributed by atoms with Gasteiger partial charge in [-0.25, -0.2) is 0 Å². The van der Waals surface area contributed by atoms with Crippen molar-refractivity contribution in [3.63, 3.8) is 0 Å². The van der Waals surface area contributed by atoms with Crippen LogP contribution in [0.25, 0.3) is 0 Å². The topological polar surface area (TPSA) is 40.5 Å². The summed E-state index contributed by atoms with van der Waals surface area (Å²) in [6.45, 7) is 16.9. The number of phenols is 2. The average molecular weight is 374 g/mol. The fourth-order valence-corrected chi connectivity index (χ4v) is 5.24. The highest BCUT2D eigenvalue weighted by Crippen LogP contribution is 2.39. The summed E-state index contributed by atoms with van der Waals surface area (Å²) in [5.74, 6) is 0.738. The zero-order chi connectivity index (χ0) is 20.0. The molecule has 0 aliphatic carbocycles. The van der Waals surface area contributed by atoms with Crippen LogP contribution in [0.2, 0.25) is 0 Å². The van der Waals surface area contributed by atoms with Gasteiger partial charge in [-0.3, -0.25) is 0 Å². The fourth-order valence-electron chi connectivity index (χ4n) is 3.33. The zero-order valence-electron chi connectivity index (χ0n) is 17.6. The molecule has 0 aromatic heterocycles. The molecule has 2 nitrogen and oxygen atoms in total. The van der Waals surface area contributed by atoms with E-state index >= 15 is 0 Å². The zero-order valence-corrected chi connectivity index (χ0v) is 18.4. The second-order valence-corrected chi connectivity index (χ2v) is 11.2. The Labute approximate surface area is 161 Å². The van der Waals surface area contributed by atoms with Crippen molar-refractivity contribution in [1.82, 2.24) is 0 Å². The molecule has 0 unspecified atom stereocenters. The third kappa shape index (κ3) is 4.03. The van der Waals surface area contributed by atoms with Crippen molar-refractivity contribution in [2.75, 3.05) is 6.26 Å². The molecule has 26 heavy (non-hydrogen) atoms. The molecule has 0 fully saturated rings. The van der Waals surface area contributed by atoms with Gasteiger partial charge in [0.05, 0.1) is 10.9 Å². The van der Waals surface area contributed by atoms with Gasteiger partial charge in [0, 0.05) is 34.4 Å². The summed E-state index contributed by atoms with van der Waals surface area (Å²) in [6.07, 6.45) is 2.23. The maximum Gasteiger partial charge on any atom is 0.163 e. The summed E-state index contributed by atoms with van der Waals surface area (Å²) < 4.78 is 0. The Hall–Kier alpha value is -1.61. The number of aryl methyl sites for hydroxylation is 2. The van der Waals surface area contributed by atoms with Gasteiger partial charge in [0.25, 0.3) is 0 Å². The number of benzene rings is 2. The highest BCUT2D eigenvalue weighted by molar-refractivity contribution is 7.96. The molecule has 3 heteroatoms. The van der Waals surface area contributed by atoms with E-state index in [-0.39, 0.29) is 21.7 Å². The van der Waals surface area contributed by atoms with E-state index in [0.717, 1.165) is 22.3 Å². The van der Waals surface area contributed by atoms with Gasteiger partial charge in [-0.1, -0.05) is 41.5 Å². The third-order valence-electron chi connectivity index (χ3n) is 4.86. The number of phenolic OH excluding ortho intramolecular Hbond substituents is 2. The Morgan fingerprint density at radius 1 is 0.654 bits per heavy atom. The van der Waals surface area contributed by atoms with Gasteiger partial charge in [0.15, 0.2) is 9.79 Å². The largest absolute Gasteiger partial charge is 0.508 e. The smallest absolute Gasteiger partial charge is 0.163 e. The Balaban J connectivity index is 2.65. The molecule has 0 saturated carbocycles. The molecular weight excluding hydrogens is 340 g/mol. The van der Waals surface area contributed by atoms with Gasteiger partial charge < -0.3 is 10.2 Å². The second-order valence-electron chi connectivity index (χ2n) is 9.28. The Morgan fingerprint density at radius 3 is 1.23 bits per heavy atom. The van der Waals surface area contributed by atoms with Crippen LogP contribution in [-0.4, -0.2) is 16.5 Å². The number of aromatic hydroxyl groups is 2. The molecular formula is C23H33O2S+. The van der Waals surface area contributed by atoms with Crippen LogP contribution < -0.4 is 0 Å². The lowest BCUT2D eigenvalue weighted by Gasteiger charge is -2.23. The monoisotopic (exact) mass is 373 g/mol. The molecule has 0 atom stereocenters. The molecule has 0 amide bonds. The third-order valence-corrected chi connectivity index (χ3v) is 7.06. The minimum absolute atomic E-state index is 0.114. The second kappa shape index (κ2) is 6.84. The standard InChI is InChI=1S/C23H32O2S/c1-14-10-18(24)16(22(3,4)5)12-20(14)26(9)21-13-17(23(6,7)8)19(25)11-15(21)2/h10-13H,1-9H3,(H-,24,25)/p+1. The van der Waals surface area contributed by atoms with Gasteiger partial charge in [-0.05, 0) is 36.8 Å². The molecule has 0 radical (unpaired) electrons. The van der Waals surface area contributed by atoms with E-state index in [9.17, 15) is 10.2 Å². The summed E-state index contributed by atoms with van der Waals surface area (Å²) in [5.41, 5.74) is 3.93. The molecule has 0 bridgehead atoms. The van der Waals surface area contributed by atoms with E-state index in [1.807, 2.05) is 12.1 Å². The molecule has 0 spiro atoms. The minimum Gasteiger partial charge on any atom is -0.508 e. The van der Waals surface area contributed by atoms with Crippen LogP contribution in [0.5, 0.6) is 11.5 Å². The van der Waals surface area contributed by atoms with Crippen LogP contribution >= 0.6 is 0 Å². The number of hydrogen-bond donors (Lipinski definition) is 2. The molecule has 2 N–H and O–H groups in total. The fraction of sp³-hybridized carbons (Fsp3) is 0.478. The van der Waals surface area contributed by atoms with Crippen LogP contribution in [0.15, 0.2) is 34.1 Å². The van der Waals surface area contributed by atoms with Crippen molar-refractivity contribution in [1.29, 1.82) is 0 Å². The van der Waals surface area contributed by atoms with Gasteiger partial charge in [-0.15, -0.1) is 0 Å². The van der Waals surface area contributed by atoms with Crippen molar-refractivity contribution >= 4 is 10.9 Å². The van der Waals surface area contributed by atoms with Crippen molar-refractivity contribution in [3.8, 4) is 11.5 Å². The predicted octanol–water partition coefficient (Wildman–Crippen LogP) is 5.98. The first-order chi connectivity index (χ1) is 11.7. The van der Waals surface area contributed by atoms with E-state index in [4.69, 9.17) is 0 Å². The Bertz CT molecular complexity index is 754. The van der Waals surface area contributed by atoms with Gasteiger partial charge in [0.2, 0.25) is 0 Å². The predicted molar refractivity (Wildman–Crippen MR) is 113 cm³/mol. The minimum atomic E-state index is -0.149. The lowest BCUT2D eigenvalue weighted by molar-refractivity contribution is 0.444. The van der Waals surface area contributed by atoms with E-state index in [2.05, 4.69) is 73.8 Å². The maximum atomic E-state index is 10.4. The summed E-state index contributed by atoms with van der Waals surface area (Å²) in [6, 6.07) is 8.10. The highest BCUT2D eigenvalue weighted by Gasteiger charge is 2.30. The molecule has 2 aromatic carbocycles. The normalized spacial score (nSPS) is 12.7. The first-order valence-electron chi connectivity index (χ1n) is 9.07. The lowest BCUT2D eigenvalue weighted by atomic mass is 9.86. The van der Waals surface area contributed by atoms with Crippen molar-refractivity contribution in [2.24, 2.45) is 0 Å². The van der Waals surface area contributed by atoms with E-state index in [1.165, 1.54) is 9.79 Å². The molecule has 142 valence electrons. The summed E-state index contributed by atoms with van der Waals surface area (Å²) in [4.78, 5) is 2.50. The quantitative estimate of drug-likeness (QED) is 0.636. The summed E-state index contributed by atoms with van der Waals surface area (Å²) >= 11 is 0. The molecule has 0 heterocycles. The Kier molecular flexibility index (Phi) is 5.45. The van der Waals surface area contributed by atoms with E-state index < -0.39 is 0 Å². The van der Waals surface area contributed by atoms with E-state index in [1.54, 1.807) is 0 Å². The van der Waals surface area contributed by atoms with Gasteiger partial charge in [0.1, 0.15) is 17.8 Å². The average Bonchev–Trinajstić information content (AvgIpc) is 2.43. The number of hydrogen-bond acceptors (Lipinski definition) is 2. The molecule has 2 rings (SSSR count). The summed E-state index contributed by atoms with van der Waals surface area (Å²) in [5, 5.41) is 20.8. The van der Waals surface area contributed by atoms with Crippen molar-refractivity contribution in [2.45, 2.75) is 76.0 Å².